The van der Waals surface area contributed by atoms with Gasteiger partial charge in [-0.15, -0.1) is 11.6 Å². The highest BCUT2D eigenvalue weighted by Crippen LogP contribution is 2.31. The standard InChI is InChI=1S/C11H14ClNO3/c1-2-16-10-7-3-5-9(6-4-8-12)11(10)13(14)15/h3,5,7H,2,4,6,8H2,1H3. The Bertz CT molecular complexity index is 368. The van der Waals surface area contributed by atoms with E-state index in [0.717, 1.165) is 6.42 Å². The molecular formula is C11H14ClNO3. The molecule has 0 aromatic heterocycles. The molecule has 1 rings (SSSR count). The van der Waals surface area contributed by atoms with Gasteiger partial charge >= 0.3 is 5.69 Å². The van der Waals surface area contributed by atoms with Gasteiger partial charge in [-0.05, 0) is 25.8 Å². The van der Waals surface area contributed by atoms with Crippen LogP contribution in [-0.2, 0) is 6.42 Å². The van der Waals surface area contributed by atoms with Crippen LogP contribution in [-0.4, -0.2) is 17.4 Å². The number of rotatable bonds is 6. The van der Waals surface area contributed by atoms with E-state index >= 15 is 0 Å². The minimum atomic E-state index is -0.394. The molecule has 0 fully saturated rings. The Balaban J connectivity index is 3.05. The summed E-state index contributed by atoms with van der Waals surface area (Å²) >= 11 is 5.58. The van der Waals surface area contributed by atoms with Crippen LogP contribution in [0.5, 0.6) is 5.75 Å². The van der Waals surface area contributed by atoms with Gasteiger partial charge in [0, 0.05) is 11.4 Å². The second-order valence-corrected chi connectivity index (χ2v) is 3.62. The molecule has 0 spiro atoms. The topological polar surface area (TPSA) is 52.4 Å². The molecule has 1 aromatic rings. The highest BCUT2D eigenvalue weighted by molar-refractivity contribution is 6.17. The maximum Gasteiger partial charge on any atom is 0.314 e. The van der Waals surface area contributed by atoms with Crippen molar-refractivity contribution in [3.8, 4) is 5.75 Å². The van der Waals surface area contributed by atoms with Gasteiger partial charge in [-0.2, -0.15) is 0 Å². The Kier molecular flexibility index (Phi) is 5.05. The lowest BCUT2D eigenvalue weighted by atomic mass is 10.1. The third-order valence-corrected chi connectivity index (χ3v) is 2.41. The predicted octanol–water partition coefficient (Wildman–Crippen LogP) is 3.16. The number of hydrogen-bond donors (Lipinski definition) is 0. The minimum absolute atomic E-state index is 0.0643. The summed E-state index contributed by atoms with van der Waals surface area (Å²) in [5.74, 6) is 0.829. The number of aryl methyl sites for hydroxylation is 1. The lowest BCUT2D eigenvalue weighted by Gasteiger charge is -2.07. The third-order valence-electron chi connectivity index (χ3n) is 2.14. The van der Waals surface area contributed by atoms with Crippen LogP contribution < -0.4 is 4.74 Å². The van der Waals surface area contributed by atoms with Crippen LogP contribution >= 0.6 is 11.6 Å². The molecule has 0 aliphatic rings. The summed E-state index contributed by atoms with van der Waals surface area (Å²) in [6.07, 6.45) is 1.32. The molecule has 0 saturated heterocycles. The van der Waals surface area contributed by atoms with Crippen molar-refractivity contribution < 1.29 is 9.66 Å². The van der Waals surface area contributed by atoms with E-state index in [4.69, 9.17) is 16.3 Å². The number of ether oxygens (including phenoxy) is 1. The Hall–Kier alpha value is -1.29. The highest BCUT2D eigenvalue weighted by atomic mass is 35.5. The molecule has 0 amide bonds. The van der Waals surface area contributed by atoms with Gasteiger partial charge < -0.3 is 4.74 Å². The van der Waals surface area contributed by atoms with Crippen molar-refractivity contribution in [2.24, 2.45) is 0 Å². The second kappa shape index (κ2) is 6.33. The molecule has 0 heterocycles. The molecule has 0 saturated carbocycles. The van der Waals surface area contributed by atoms with E-state index < -0.39 is 4.92 Å². The monoisotopic (exact) mass is 243 g/mol. The van der Waals surface area contributed by atoms with E-state index in [0.29, 0.717) is 30.2 Å². The summed E-state index contributed by atoms with van der Waals surface area (Å²) in [6, 6.07) is 5.13. The molecule has 0 radical (unpaired) electrons. The molecule has 1 aromatic carbocycles. The van der Waals surface area contributed by atoms with Gasteiger partial charge in [0.25, 0.3) is 0 Å². The van der Waals surface area contributed by atoms with Gasteiger partial charge in [0.15, 0.2) is 5.75 Å². The van der Waals surface area contributed by atoms with Gasteiger partial charge in [0.05, 0.1) is 11.5 Å². The molecular weight excluding hydrogens is 230 g/mol. The fourth-order valence-corrected chi connectivity index (χ4v) is 1.64. The summed E-state index contributed by atoms with van der Waals surface area (Å²) in [5, 5.41) is 11.0. The maximum absolute atomic E-state index is 11.0. The van der Waals surface area contributed by atoms with Crippen molar-refractivity contribution in [1.82, 2.24) is 0 Å². The van der Waals surface area contributed by atoms with Gasteiger partial charge in [0.2, 0.25) is 0 Å². The Morgan fingerprint density at radius 2 is 2.25 bits per heavy atom. The highest BCUT2D eigenvalue weighted by Gasteiger charge is 2.19. The van der Waals surface area contributed by atoms with Crippen LogP contribution in [0.25, 0.3) is 0 Å². The smallest absolute Gasteiger partial charge is 0.314 e. The quantitative estimate of drug-likeness (QED) is 0.438. The van der Waals surface area contributed by atoms with Crippen LogP contribution in [0.3, 0.4) is 0 Å². The maximum atomic E-state index is 11.0. The van der Waals surface area contributed by atoms with Crippen LogP contribution in [0.1, 0.15) is 18.9 Å². The van der Waals surface area contributed by atoms with E-state index in [1.165, 1.54) is 0 Å². The summed E-state index contributed by atoms with van der Waals surface area (Å²) in [6.45, 7) is 2.22. The lowest BCUT2D eigenvalue weighted by molar-refractivity contribution is -0.386. The van der Waals surface area contributed by atoms with Crippen molar-refractivity contribution >= 4 is 17.3 Å². The van der Waals surface area contributed by atoms with Crippen LogP contribution in [0.4, 0.5) is 5.69 Å². The largest absolute Gasteiger partial charge is 0.487 e. The lowest BCUT2D eigenvalue weighted by Crippen LogP contribution is -2.01. The Morgan fingerprint density at radius 3 is 2.81 bits per heavy atom. The van der Waals surface area contributed by atoms with Crippen LogP contribution in [0.15, 0.2) is 18.2 Å². The van der Waals surface area contributed by atoms with Crippen molar-refractivity contribution in [1.29, 1.82) is 0 Å². The SMILES string of the molecule is CCOc1cccc(CCCCl)c1[N+](=O)[O-]. The van der Waals surface area contributed by atoms with Gasteiger partial charge in [-0.25, -0.2) is 0 Å². The molecule has 4 nitrogen and oxygen atoms in total. The first-order valence-electron chi connectivity index (χ1n) is 5.15. The van der Waals surface area contributed by atoms with Crippen molar-refractivity contribution in [3.63, 3.8) is 0 Å². The fourth-order valence-electron chi connectivity index (χ4n) is 1.51. The van der Waals surface area contributed by atoms with E-state index in [9.17, 15) is 10.1 Å². The Labute approximate surface area is 99.3 Å². The third kappa shape index (κ3) is 3.10. The molecule has 0 unspecified atom stereocenters. The number of para-hydroxylation sites is 1. The molecule has 0 aliphatic heterocycles. The van der Waals surface area contributed by atoms with E-state index in [1.807, 2.05) is 0 Å². The van der Waals surface area contributed by atoms with Crippen molar-refractivity contribution in [3.05, 3.63) is 33.9 Å². The normalized spacial score (nSPS) is 10.1. The van der Waals surface area contributed by atoms with E-state index in [2.05, 4.69) is 0 Å². The number of nitro groups is 1. The first-order valence-corrected chi connectivity index (χ1v) is 5.69. The molecule has 16 heavy (non-hydrogen) atoms. The summed E-state index contributed by atoms with van der Waals surface area (Å²) in [7, 11) is 0. The summed E-state index contributed by atoms with van der Waals surface area (Å²) in [4.78, 5) is 10.6. The zero-order valence-electron chi connectivity index (χ0n) is 9.11. The summed E-state index contributed by atoms with van der Waals surface area (Å²) in [5.41, 5.74) is 0.742. The number of nitro benzene ring substituents is 1. The molecule has 0 atom stereocenters. The minimum Gasteiger partial charge on any atom is -0.487 e. The average molecular weight is 244 g/mol. The molecule has 0 aliphatic carbocycles. The molecule has 88 valence electrons. The van der Waals surface area contributed by atoms with Gasteiger partial charge in [0.1, 0.15) is 0 Å². The first kappa shape index (κ1) is 12.8. The van der Waals surface area contributed by atoms with Gasteiger partial charge in [-0.3, -0.25) is 10.1 Å². The first-order chi connectivity index (χ1) is 7.70. The number of alkyl halides is 1. The van der Waals surface area contributed by atoms with E-state index in [1.54, 1.807) is 25.1 Å². The van der Waals surface area contributed by atoms with Crippen LogP contribution in [0, 0.1) is 10.1 Å². The van der Waals surface area contributed by atoms with Crippen molar-refractivity contribution in [2.45, 2.75) is 19.8 Å². The molecule has 5 heteroatoms. The molecule has 0 bridgehead atoms. The number of benzene rings is 1. The Morgan fingerprint density at radius 1 is 1.50 bits per heavy atom. The van der Waals surface area contributed by atoms with Gasteiger partial charge in [-0.1, -0.05) is 12.1 Å². The predicted molar refractivity (Wildman–Crippen MR) is 63.3 cm³/mol. The number of nitrogens with zero attached hydrogens (tertiary/aromatic N) is 1. The zero-order valence-corrected chi connectivity index (χ0v) is 9.87. The zero-order chi connectivity index (χ0) is 12.0. The van der Waals surface area contributed by atoms with E-state index in [-0.39, 0.29) is 5.69 Å². The average Bonchev–Trinajstić information content (AvgIpc) is 2.26. The van der Waals surface area contributed by atoms with Crippen LogP contribution in [0.2, 0.25) is 0 Å². The fraction of sp³-hybridized carbons (Fsp3) is 0.455. The number of halogens is 1. The van der Waals surface area contributed by atoms with Crippen molar-refractivity contribution in [2.75, 3.05) is 12.5 Å². The second-order valence-electron chi connectivity index (χ2n) is 3.25. The molecule has 0 N–H and O–H groups in total. The number of hydrogen-bond acceptors (Lipinski definition) is 3. The summed E-state index contributed by atoms with van der Waals surface area (Å²) < 4.78 is 5.24.